The molecule has 62 valence electrons. The van der Waals surface area contributed by atoms with E-state index >= 15 is 0 Å². The first-order valence-corrected chi connectivity index (χ1v) is 3.50. The second-order valence-electron chi connectivity index (χ2n) is 2.30. The highest BCUT2D eigenvalue weighted by Gasteiger charge is 2.37. The van der Waals surface area contributed by atoms with E-state index in [1.54, 1.807) is 0 Å². The molecule has 1 unspecified atom stereocenters. The van der Waals surface area contributed by atoms with Crippen LogP contribution in [-0.4, -0.2) is 29.0 Å². The molecule has 7 heteroatoms. The van der Waals surface area contributed by atoms with Crippen molar-refractivity contribution in [2.45, 2.75) is 5.12 Å². The van der Waals surface area contributed by atoms with Gasteiger partial charge in [-0.25, -0.2) is 15.0 Å². The smallest absolute Gasteiger partial charge is 0.234 e. The molecule has 0 aromatic rings. The summed E-state index contributed by atoms with van der Waals surface area (Å²) in [6, 6.07) is 0. The van der Waals surface area contributed by atoms with E-state index in [1.165, 1.54) is 6.34 Å². The molecule has 0 spiro atoms. The van der Waals surface area contributed by atoms with E-state index in [0.717, 1.165) is 0 Å². The molecule has 2 aliphatic rings. The van der Waals surface area contributed by atoms with Crippen LogP contribution in [0.5, 0.6) is 0 Å². The molecule has 2 aliphatic heterocycles. The molecular formula is C5H5ClN6. The van der Waals surface area contributed by atoms with Crippen LogP contribution in [0.3, 0.4) is 0 Å². The lowest BCUT2D eigenvalue weighted by Crippen LogP contribution is -2.47. The largest absolute Gasteiger partial charge is 0.368 e. The van der Waals surface area contributed by atoms with Gasteiger partial charge in [0.05, 0.1) is 0 Å². The number of hydrogen-bond acceptors (Lipinski definition) is 6. The number of aliphatic imine (C=N–C) groups is 4. The molecule has 0 aromatic carbocycles. The summed E-state index contributed by atoms with van der Waals surface area (Å²) in [5, 5.41) is -1.42. The van der Waals surface area contributed by atoms with E-state index < -0.39 is 5.12 Å². The van der Waals surface area contributed by atoms with Gasteiger partial charge >= 0.3 is 0 Å². The fraction of sp³-hybridized carbons (Fsp3) is 0.200. The van der Waals surface area contributed by atoms with Gasteiger partial charge in [-0.2, -0.15) is 4.99 Å². The normalized spacial score (nSPS) is 32.3. The van der Waals surface area contributed by atoms with Gasteiger partial charge in [-0.1, -0.05) is 11.6 Å². The molecule has 12 heavy (non-hydrogen) atoms. The van der Waals surface area contributed by atoms with Crippen molar-refractivity contribution in [2.75, 3.05) is 0 Å². The van der Waals surface area contributed by atoms with Crippen LogP contribution in [0.1, 0.15) is 0 Å². The van der Waals surface area contributed by atoms with Crippen molar-refractivity contribution in [3.05, 3.63) is 0 Å². The zero-order chi connectivity index (χ0) is 8.77. The topological polar surface area (TPSA) is 101 Å². The first kappa shape index (κ1) is 7.38. The molecule has 0 aromatic heterocycles. The molecule has 0 fully saturated rings. The Bertz CT molecular complexity index is 349. The number of halogens is 1. The summed E-state index contributed by atoms with van der Waals surface area (Å²) >= 11 is 5.79. The molecule has 6 nitrogen and oxygen atoms in total. The Balaban J connectivity index is 2.54. The van der Waals surface area contributed by atoms with Crippen molar-refractivity contribution < 1.29 is 0 Å². The second kappa shape index (κ2) is 2.11. The van der Waals surface area contributed by atoms with Crippen molar-refractivity contribution in [1.29, 1.82) is 0 Å². The highest BCUT2D eigenvalue weighted by molar-refractivity contribution is 6.59. The van der Waals surface area contributed by atoms with Gasteiger partial charge in [0, 0.05) is 0 Å². The van der Waals surface area contributed by atoms with E-state index in [2.05, 4.69) is 20.0 Å². The Labute approximate surface area is 72.8 Å². The summed E-state index contributed by atoms with van der Waals surface area (Å²) in [6.07, 6.45) is 1.31. The maximum Gasteiger partial charge on any atom is 0.234 e. The van der Waals surface area contributed by atoms with Crippen LogP contribution in [0.2, 0.25) is 0 Å². The number of nitrogens with two attached hydrogens (primary N) is 2. The SMILES string of the molecule is NC1=NC(N)(Cl)C2=NC=NC2=N1. The maximum atomic E-state index is 5.79. The Kier molecular flexibility index (Phi) is 1.30. The van der Waals surface area contributed by atoms with Crippen LogP contribution in [0.4, 0.5) is 0 Å². The predicted octanol–water partition coefficient (Wildman–Crippen LogP) is -0.953. The molecule has 0 saturated carbocycles. The molecule has 2 heterocycles. The zero-order valence-corrected chi connectivity index (χ0v) is 6.65. The average Bonchev–Trinajstić information content (AvgIpc) is 2.32. The maximum absolute atomic E-state index is 5.79. The third-order valence-electron chi connectivity index (χ3n) is 1.41. The van der Waals surface area contributed by atoms with Gasteiger partial charge in [-0.15, -0.1) is 0 Å². The highest BCUT2D eigenvalue weighted by Crippen LogP contribution is 2.19. The molecule has 0 amide bonds. The van der Waals surface area contributed by atoms with Crippen LogP contribution < -0.4 is 11.5 Å². The number of hydrogen-bond donors (Lipinski definition) is 2. The van der Waals surface area contributed by atoms with Gasteiger partial charge in [0.15, 0.2) is 5.84 Å². The second-order valence-corrected chi connectivity index (χ2v) is 2.88. The van der Waals surface area contributed by atoms with E-state index in [4.69, 9.17) is 23.1 Å². The standard InChI is InChI=1S/C5H5ClN6/c6-5(8)2-3(10-1-9-2)11-4(7)12-5/h1H,8H2,(H2,7,12). The summed E-state index contributed by atoms with van der Waals surface area (Å²) in [5.74, 6) is 0.348. The number of fused-ring (bicyclic) bond motifs is 1. The number of nitrogens with zero attached hydrogens (tertiary/aromatic N) is 4. The van der Waals surface area contributed by atoms with E-state index in [9.17, 15) is 0 Å². The van der Waals surface area contributed by atoms with Crippen molar-refractivity contribution in [3.63, 3.8) is 0 Å². The monoisotopic (exact) mass is 184 g/mol. The lowest BCUT2D eigenvalue weighted by atomic mass is 10.2. The van der Waals surface area contributed by atoms with Crippen molar-refractivity contribution >= 4 is 35.4 Å². The van der Waals surface area contributed by atoms with Gasteiger partial charge in [0.25, 0.3) is 0 Å². The third-order valence-corrected chi connectivity index (χ3v) is 1.67. The van der Waals surface area contributed by atoms with E-state index in [-0.39, 0.29) is 5.96 Å². The van der Waals surface area contributed by atoms with Gasteiger partial charge < -0.3 is 5.73 Å². The van der Waals surface area contributed by atoms with Crippen LogP contribution in [-0.2, 0) is 0 Å². The van der Waals surface area contributed by atoms with E-state index in [1.807, 2.05) is 0 Å². The van der Waals surface area contributed by atoms with Gasteiger partial charge in [0.2, 0.25) is 11.1 Å². The minimum Gasteiger partial charge on any atom is -0.368 e. The summed E-state index contributed by atoms with van der Waals surface area (Å²) in [4.78, 5) is 15.1. The highest BCUT2D eigenvalue weighted by atomic mass is 35.5. The van der Waals surface area contributed by atoms with Crippen LogP contribution in [0.15, 0.2) is 20.0 Å². The molecule has 4 N–H and O–H groups in total. The Morgan fingerprint density at radius 2 is 2.25 bits per heavy atom. The minimum atomic E-state index is -1.42. The molecule has 0 saturated heterocycles. The van der Waals surface area contributed by atoms with Crippen LogP contribution in [0, 0.1) is 0 Å². The number of alkyl halides is 1. The number of rotatable bonds is 0. The average molecular weight is 185 g/mol. The molecule has 0 bridgehead atoms. The Morgan fingerprint density at radius 1 is 1.50 bits per heavy atom. The molecule has 0 aliphatic carbocycles. The number of guanidine groups is 1. The molecule has 1 atom stereocenters. The minimum absolute atomic E-state index is 0.0144. The van der Waals surface area contributed by atoms with Crippen LogP contribution in [0.25, 0.3) is 0 Å². The molecular weight excluding hydrogens is 180 g/mol. The Morgan fingerprint density at radius 3 is 3.00 bits per heavy atom. The van der Waals surface area contributed by atoms with Crippen molar-refractivity contribution in [2.24, 2.45) is 31.4 Å². The third kappa shape index (κ3) is 0.926. The van der Waals surface area contributed by atoms with Gasteiger partial charge in [-0.05, 0) is 0 Å². The fourth-order valence-corrected chi connectivity index (χ4v) is 1.16. The lowest BCUT2D eigenvalue weighted by Gasteiger charge is -2.19. The molecule has 2 rings (SSSR count). The lowest BCUT2D eigenvalue weighted by molar-refractivity contribution is 0.832. The van der Waals surface area contributed by atoms with Gasteiger partial charge in [0.1, 0.15) is 12.1 Å². The summed E-state index contributed by atoms with van der Waals surface area (Å²) in [7, 11) is 0. The summed E-state index contributed by atoms with van der Waals surface area (Å²) in [5.41, 5.74) is 11.2. The Hall–Kier alpha value is -1.27. The van der Waals surface area contributed by atoms with Crippen molar-refractivity contribution in [1.82, 2.24) is 0 Å². The first-order chi connectivity index (χ1) is 5.59. The molecule has 0 radical (unpaired) electrons. The van der Waals surface area contributed by atoms with Gasteiger partial charge in [-0.3, -0.25) is 5.73 Å². The van der Waals surface area contributed by atoms with Crippen LogP contribution >= 0.6 is 11.6 Å². The van der Waals surface area contributed by atoms with Crippen molar-refractivity contribution in [3.8, 4) is 0 Å². The number of amidine groups is 1. The zero-order valence-electron chi connectivity index (χ0n) is 5.90. The summed E-state index contributed by atoms with van der Waals surface area (Å²) < 4.78 is 0. The summed E-state index contributed by atoms with van der Waals surface area (Å²) in [6.45, 7) is 0. The predicted molar refractivity (Wildman–Crippen MR) is 47.8 cm³/mol. The van der Waals surface area contributed by atoms with E-state index in [0.29, 0.717) is 11.5 Å². The quantitative estimate of drug-likeness (QED) is 0.375. The first-order valence-electron chi connectivity index (χ1n) is 3.12. The fourth-order valence-electron chi connectivity index (χ4n) is 0.942.